The van der Waals surface area contributed by atoms with Crippen molar-refractivity contribution in [3.63, 3.8) is 0 Å². The van der Waals surface area contributed by atoms with Crippen molar-refractivity contribution in [3.8, 4) is 22.6 Å². The fourth-order valence-electron chi connectivity index (χ4n) is 3.43. The minimum absolute atomic E-state index is 0.251. The second-order valence-corrected chi connectivity index (χ2v) is 10.6. The number of para-hydroxylation sites is 1. The van der Waals surface area contributed by atoms with Gasteiger partial charge >= 0.3 is 0 Å². The van der Waals surface area contributed by atoms with Gasteiger partial charge in [0.25, 0.3) is 0 Å². The van der Waals surface area contributed by atoms with Crippen LogP contribution in [0.2, 0.25) is 5.02 Å². The molecule has 158 valence electrons. The van der Waals surface area contributed by atoms with Gasteiger partial charge in [-0.3, -0.25) is 4.98 Å². The van der Waals surface area contributed by atoms with E-state index < -0.39 is 15.1 Å². The molecule has 1 aromatic heterocycles. The maximum atomic E-state index is 12.5. The van der Waals surface area contributed by atoms with Crippen molar-refractivity contribution in [2.45, 2.75) is 30.9 Å². The van der Waals surface area contributed by atoms with E-state index in [1.54, 1.807) is 38.1 Å². The Kier molecular flexibility index (Phi) is 5.73. The van der Waals surface area contributed by atoms with Crippen LogP contribution in [0.15, 0.2) is 77.7 Å². The third-order valence-corrected chi connectivity index (χ3v) is 7.51. The number of ether oxygens (including phenoxy) is 1. The number of rotatable bonds is 5. The zero-order chi connectivity index (χ0) is 22.2. The fraction of sp³-hybridized carbons (Fsp3) is 0.160. The third-order valence-electron chi connectivity index (χ3n) is 5.05. The Morgan fingerprint density at radius 1 is 0.903 bits per heavy atom. The molecular formula is C25H22ClNO3S. The zero-order valence-corrected chi connectivity index (χ0v) is 19.0. The molecule has 0 N–H and O–H groups in total. The quantitative estimate of drug-likeness (QED) is 0.333. The number of aromatic nitrogens is 1. The second-order valence-electron chi connectivity index (χ2n) is 7.65. The van der Waals surface area contributed by atoms with Gasteiger partial charge in [-0.05, 0) is 74.4 Å². The number of hydrogen-bond acceptors (Lipinski definition) is 4. The van der Waals surface area contributed by atoms with E-state index in [4.69, 9.17) is 16.3 Å². The highest BCUT2D eigenvalue weighted by Crippen LogP contribution is 2.34. The molecule has 4 nitrogen and oxygen atoms in total. The maximum Gasteiger partial charge on any atom is 0.180 e. The Morgan fingerprint density at radius 2 is 1.58 bits per heavy atom. The number of halogens is 1. The Balaban J connectivity index is 1.73. The second kappa shape index (κ2) is 8.33. The Morgan fingerprint density at radius 3 is 2.32 bits per heavy atom. The molecule has 0 spiro atoms. The third kappa shape index (κ3) is 4.29. The van der Waals surface area contributed by atoms with Crippen LogP contribution in [0.4, 0.5) is 0 Å². The molecule has 6 heteroatoms. The van der Waals surface area contributed by atoms with Crippen molar-refractivity contribution in [2.75, 3.05) is 0 Å². The van der Waals surface area contributed by atoms with E-state index >= 15 is 0 Å². The summed E-state index contributed by atoms with van der Waals surface area (Å²) < 4.78 is 31.0. The van der Waals surface area contributed by atoms with Crippen LogP contribution in [0.25, 0.3) is 22.0 Å². The summed E-state index contributed by atoms with van der Waals surface area (Å²) in [6.45, 7) is 5.27. The fourth-order valence-corrected chi connectivity index (χ4v) is 4.74. The normalized spacial score (nSPS) is 11.8. The average molecular weight is 452 g/mol. The number of benzene rings is 3. The number of pyridine rings is 1. The van der Waals surface area contributed by atoms with Gasteiger partial charge < -0.3 is 4.74 Å². The summed E-state index contributed by atoms with van der Waals surface area (Å²) in [5.74, 6) is 1.08. The molecule has 4 aromatic rings. The largest absolute Gasteiger partial charge is 0.457 e. The maximum absolute atomic E-state index is 12.5. The summed E-state index contributed by atoms with van der Waals surface area (Å²) in [5, 5.41) is 1.07. The molecule has 0 bridgehead atoms. The Hall–Kier alpha value is -2.89. The highest BCUT2D eigenvalue weighted by molar-refractivity contribution is 7.92. The Bertz CT molecular complexity index is 1380. The van der Waals surface area contributed by atoms with Crippen LogP contribution < -0.4 is 4.74 Å². The molecule has 0 unspecified atom stereocenters. The average Bonchev–Trinajstić information content (AvgIpc) is 2.74. The summed E-state index contributed by atoms with van der Waals surface area (Å²) in [7, 11) is -3.38. The molecule has 0 saturated heterocycles. The van der Waals surface area contributed by atoms with Gasteiger partial charge in [0.05, 0.1) is 20.7 Å². The van der Waals surface area contributed by atoms with E-state index in [0.717, 1.165) is 27.7 Å². The molecular weight excluding hydrogens is 430 g/mol. The lowest BCUT2D eigenvalue weighted by Crippen LogP contribution is -2.13. The SMILES string of the molecule is Cc1cc(-c2cccc(Oc3cccc(S(=O)(=O)C(C)C)c3)c2)c2cccc(Cl)c2n1. The standard InChI is InChI=1S/C25H22ClNO3S/c1-16(2)31(28,29)21-10-5-9-20(15-21)30-19-8-4-7-18(14-19)23-13-17(3)27-25-22(23)11-6-12-24(25)26/h4-16H,1-3H3. The lowest BCUT2D eigenvalue weighted by molar-refractivity contribution is 0.481. The van der Waals surface area contributed by atoms with Crippen molar-refractivity contribution in [1.82, 2.24) is 4.98 Å². The summed E-state index contributed by atoms with van der Waals surface area (Å²) in [4.78, 5) is 4.83. The molecule has 0 aliphatic carbocycles. The monoisotopic (exact) mass is 451 g/mol. The number of nitrogens with zero attached hydrogens (tertiary/aromatic N) is 1. The van der Waals surface area contributed by atoms with Crippen LogP contribution >= 0.6 is 11.6 Å². The zero-order valence-electron chi connectivity index (χ0n) is 17.5. The van der Waals surface area contributed by atoms with Gasteiger partial charge in [-0.25, -0.2) is 8.42 Å². The lowest BCUT2D eigenvalue weighted by atomic mass is 10.00. The smallest absolute Gasteiger partial charge is 0.180 e. The van der Waals surface area contributed by atoms with Crippen LogP contribution in [-0.4, -0.2) is 18.7 Å². The molecule has 0 amide bonds. The van der Waals surface area contributed by atoms with Gasteiger partial charge in [-0.15, -0.1) is 0 Å². The number of fused-ring (bicyclic) bond motifs is 1. The highest BCUT2D eigenvalue weighted by atomic mass is 35.5. The van der Waals surface area contributed by atoms with E-state index in [2.05, 4.69) is 4.98 Å². The molecule has 0 saturated carbocycles. The van der Waals surface area contributed by atoms with Crippen molar-refractivity contribution >= 4 is 32.3 Å². The predicted octanol–water partition coefficient (Wildman–Crippen LogP) is 6.84. The first-order valence-corrected chi connectivity index (χ1v) is 11.9. The van der Waals surface area contributed by atoms with Gasteiger partial charge in [0.1, 0.15) is 11.5 Å². The van der Waals surface area contributed by atoms with Crippen LogP contribution in [0.1, 0.15) is 19.5 Å². The minimum atomic E-state index is -3.38. The molecule has 31 heavy (non-hydrogen) atoms. The molecule has 0 aliphatic heterocycles. The van der Waals surface area contributed by atoms with Crippen molar-refractivity contribution in [3.05, 3.63) is 83.5 Å². The van der Waals surface area contributed by atoms with Crippen LogP contribution in [0.3, 0.4) is 0 Å². The highest BCUT2D eigenvalue weighted by Gasteiger charge is 2.19. The van der Waals surface area contributed by atoms with Crippen LogP contribution in [-0.2, 0) is 9.84 Å². The minimum Gasteiger partial charge on any atom is -0.457 e. The van der Waals surface area contributed by atoms with Crippen LogP contribution in [0, 0.1) is 6.92 Å². The van der Waals surface area contributed by atoms with Crippen molar-refractivity contribution in [1.29, 1.82) is 0 Å². The molecule has 1 heterocycles. The van der Waals surface area contributed by atoms with Gasteiger partial charge in [-0.1, -0.05) is 41.9 Å². The predicted molar refractivity (Wildman–Crippen MR) is 126 cm³/mol. The van der Waals surface area contributed by atoms with Crippen molar-refractivity contribution in [2.24, 2.45) is 0 Å². The molecule has 0 fully saturated rings. The Labute approximate surface area is 187 Å². The first-order valence-electron chi connectivity index (χ1n) is 9.94. The lowest BCUT2D eigenvalue weighted by Gasteiger charge is -2.12. The molecule has 3 aromatic carbocycles. The summed E-state index contributed by atoms with van der Waals surface area (Å²) in [5.41, 5.74) is 3.60. The van der Waals surface area contributed by atoms with Gasteiger partial charge in [0.2, 0.25) is 0 Å². The first kappa shape index (κ1) is 21.3. The number of hydrogen-bond donors (Lipinski definition) is 0. The molecule has 4 rings (SSSR count). The van der Waals surface area contributed by atoms with Crippen LogP contribution in [0.5, 0.6) is 11.5 Å². The van der Waals surface area contributed by atoms with E-state index in [9.17, 15) is 8.42 Å². The molecule has 0 aliphatic rings. The van der Waals surface area contributed by atoms with Gasteiger partial charge in [0, 0.05) is 11.1 Å². The summed E-state index contributed by atoms with van der Waals surface area (Å²) >= 11 is 6.36. The first-order chi connectivity index (χ1) is 14.8. The van der Waals surface area contributed by atoms with Gasteiger partial charge in [0.15, 0.2) is 9.84 Å². The molecule has 0 atom stereocenters. The van der Waals surface area contributed by atoms with Gasteiger partial charge in [-0.2, -0.15) is 0 Å². The van der Waals surface area contributed by atoms with E-state index in [0.29, 0.717) is 16.5 Å². The van der Waals surface area contributed by atoms with E-state index in [1.807, 2.05) is 55.5 Å². The summed E-state index contributed by atoms with van der Waals surface area (Å²) in [6.07, 6.45) is 0. The molecule has 0 radical (unpaired) electrons. The summed E-state index contributed by atoms with van der Waals surface area (Å²) in [6, 6.07) is 22.0. The number of aryl methyl sites for hydroxylation is 1. The van der Waals surface area contributed by atoms with E-state index in [-0.39, 0.29) is 4.90 Å². The van der Waals surface area contributed by atoms with E-state index in [1.165, 1.54) is 0 Å². The number of sulfone groups is 1. The van der Waals surface area contributed by atoms with Crippen molar-refractivity contribution < 1.29 is 13.2 Å². The topological polar surface area (TPSA) is 56.3 Å².